The van der Waals surface area contributed by atoms with Gasteiger partial charge in [0.15, 0.2) is 6.17 Å². The second-order valence-electron chi connectivity index (χ2n) is 3.54. The molecule has 0 aromatic carbocycles. The Morgan fingerprint density at radius 2 is 1.65 bits per heavy atom. The molecule has 0 saturated carbocycles. The number of halogens is 6. The number of nitrogens with two attached hydrogens (primary N) is 1. The van der Waals surface area contributed by atoms with E-state index in [0.717, 1.165) is 0 Å². The van der Waals surface area contributed by atoms with E-state index in [-0.39, 0.29) is 0 Å². The topological polar surface area (TPSA) is 80.4 Å². The Kier molecular flexibility index (Phi) is 9.10. The van der Waals surface area contributed by atoms with Crippen molar-refractivity contribution in [3.05, 3.63) is 12.7 Å². The highest BCUT2D eigenvalue weighted by atomic mass is 32.2. The molecule has 0 amide bonds. The van der Waals surface area contributed by atoms with E-state index in [1.807, 2.05) is 0 Å². The van der Waals surface area contributed by atoms with Gasteiger partial charge in [0.1, 0.15) is 0 Å². The van der Waals surface area contributed by atoms with Gasteiger partial charge >= 0.3 is 21.5 Å². The van der Waals surface area contributed by atoms with E-state index in [0.29, 0.717) is 6.54 Å². The molecule has 1 atom stereocenters. The fourth-order valence-corrected chi connectivity index (χ4v) is 1.25. The van der Waals surface area contributed by atoms with Gasteiger partial charge < -0.3 is 5.73 Å². The molecule has 0 aliphatic carbocycles. The van der Waals surface area contributed by atoms with E-state index in [1.165, 1.54) is 0 Å². The van der Waals surface area contributed by atoms with E-state index in [2.05, 4.69) is 6.58 Å². The van der Waals surface area contributed by atoms with E-state index in [9.17, 15) is 34.8 Å². The molecule has 11 heteroatoms. The first kappa shape index (κ1) is 21.5. The molecule has 0 fully saturated rings. The normalized spacial score (nSPS) is 14.2. The van der Waals surface area contributed by atoms with Crippen LogP contribution in [0.1, 0.15) is 19.3 Å². The van der Waals surface area contributed by atoms with Gasteiger partial charge in [-0.1, -0.05) is 6.08 Å². The molecule has 0 aliphatic rings. The van der Waals surface area contributed by atoms with Crippen molar-refractivity contribution in [2.24, 2.45) is 5.73 Å². The standard InChI is InChI=1S/C6H8F6O3S.C3H7N/c7-4(2-1-3-5(8,9)10)6(11,12)16(13,14)15;1-2-3-4/h4H,1-3H2,(H,13,14,15);2H,1,3-4H2. The lowest BCUT2D eigenvalue weighted by Gasteiger charge is -2.17. The molecule has 1 unspecified atom stereocenters. The molecule has 0 saturated heterocycles. The van der Waals surface area contributed by atoms with Gasteiger partial charge in [0.2, 0.25) is 0 Å². The van der Waals surface area contributed by atoms with Gasteiger partial charge in [-0.2, -0.15) is 30.4 Å². The van der Waals surface area contributed by atoms with Crippen molar-refractivity contribution >= 4 is 10.1 Å². The van der Waals surface area contributed by atoms with Crippen LogP contribution in [0.4, 0.5) is 26.3 Å². The minimum atomic E-state index is -5.96. The lowest BCUT2D eigenvalue weighted by molar-refractivity contribution is -0.137. The summed E-state index contributed by atoms with van der Waals surface area (Å²) in [6.45, 7) is 3.94. The summed E-state index contributed by atoms with van der Waals surface area (Å²) in [6.07, 6.45) is -10.2. The van der Waals surface area contributed by atoms with E-state index in [4.69, 9.17) is 10.3 Å². The smallest absolute Gasteiger partial charge is 0.327 e. The van der Waals surface area contributed by atoms with Gasteiger partial charge in [-0.25, -0.2) is 4.39 Å². The van der Waals surface area contributed by atoms with Crippen LogP contribution in [0.25, 0.3) is 0 Å². The van der Waals surface area contributed by atoms with Crippen molar-refractivity contribution in [3.63, 3.8) is 0 Å². The highest BCUT2D eigenvalue weighted by Gasteiger charge is 2.52. The Labute approximate surface area is 112 Å². The Morgan fingerprint density at radius 3 is 1.90 bits per heavy atom. The maximum atomic E-state index is 12.6. The third kappa shape index (κ3) is 9.15. The largest absolute Gasteiger partial charge is 0.400 e. The van der Waals surface area contributed by atoms with Gasteiger partial charge in [-0.15, -0.1) is 6.58 Å². The summed E-state index contributed by atoms with van der Waals surface area (Å²) >= 11 is 0. The lowest BCUT2D eigenvalue weighted by Crippen LogP contribution is -2.38. The Morgan fingerprint density at radius 1 is 1.25 bits per heavy atom. The van der Waals surface area contributed by atoms with Crippen molar-refractivity contribution < 1.29 is 39.3 Å². The molecular formula is C9H15F6NO3S. The molecule has 0 rings (SSSR count). The highest BCUT2D eigenvalue weighted by molar-refractivity contribution is 7.86. The number of hydrogen-bond donors (Lipinski definition) is 2. The lowest BCUT2D eigenvalue weighted by atomic mass is 10.2. The summed E-state index contributed by atoms with van der Waals surface area (Å²) in [5.41, 5.74) is 4.91. The van der Waals surface area contributed by atoms with Crippen molar-refractivity contribution in [3.8, 4) is 0 Å². The molecule has 20 heavy (non-hydrogen) atoms. The molecule has 0 aliphatic heterocycles. The zero-order valence-electron chi connectivity index (χ0n) is 10.2. The SMILES string of the molecule is C=CCN.O=S(=O)(O)C(F)(F)C(F)CCCC(F)(F)F. The minimum Gasteiger partial charge on any atom is -0.327 e. The van der Waals surface area contributed by atoms with Gasteiger partial charge in [0, 0.05) is 13.0 Å². The van der Waals surface area contributed by atoms with Gasteiger partial charge in [-0.3, -0.25) is 4.55 Å². The first-order chi connectivity index (χ1) is 8.79. The molecule has 0 bridgehead atoms. The molecular weight excluding hydrogens is 316 g/mol. The van der Waals surface area contributed by atoms with Crippen LogP contribution in [0.5, 0.6) is 0 Å². The summed E-state index contributed by atoms with van der Waals surface area (Å²) in [6, 6.07) is 0. The zero-order chi connectivity index (χ0) is 16.6. The van der Waals surface area contributed by atoms with Crippen LogP contribution in [0.3, 0.4) is 0 Å². The third-order valence-electron chi connectivity index (χ3n) is 1.79. The minimum absolute atomic E-state index is 0.583. The molecule has 0 aromatic rings. The van der Waals surface area contributed by atoms with Gasteiger partial charge in [0.25, 0.3) is 0 Å². The molecule has 3 N–H and O–H groups in total. The van der Waals surface area contributed by atoms with Crippen LogP contribution in [0, 0.1) is 0 Å². The quantitative estimate of drug-likeness (QED) is 0.445. The summed E-state index contributed by atoms with van der Waals surface area (Å²) in [4.78, 5) is 0. The molecule has 122 valence electrons. The number of hydrogen-bond acceptors (Lipinski definition) is 3. The predicted octanol–water partition coefficient (Wildman–Crippen LogP) is 2.67. The predicted molar refractivity (Wildman–Crippen MR) is 60.5 cm³/mol. The van der Waals surface area contributed by atoms with E-state index >= 15 is 0 Å². The van der Waals surface area contributed by atoms with Gasteiger partial charge in [-0.05, 0) is 12.8 Å². The Hall–Kier alpha value is -0.810. The molecule has 0 heterocycles. The van der Waals surface area contributed by atoms with Crippen molar-refractivity contribution in [1.82, 2.24) is 0 Å². The summed E-state index contributed by atoms with van der Waals surface area (Å²) in [7, 11) is -5.96. The Bertz CT molecular complexity index is 382. The van der Waals surface area contributed by atoms with E-state index < -0.39 is 47.0 Å². The molecule has 0 aromatic heterocycles. The highest BCUT2D eigenvalue weighted by Crippen LogP contribution is 2.32. The van der Waals surface area contributed by atoms with Crippen LogP contribution >= 0.6 is 0 Å². The third-order valence-corrected chi connectivity index (χ3v) is 2.74. The van der Waals surface area contributed by atoms with Crippen molar-refractivity contribution in [2.75, 3.05) is 6.54 Å². The maximum Gasteiger partial charge on any atom is 0.400 e. The maximum absolute atomic E-state index is 12.6. The van der Waals surface area contributed by atoms with E-state index in [1.54, 1.807) is 6.08 Å². The second kappa shape index (κ2) is 8.47. The van der Waals surface area contributed by atoms with Crippen LogP contribution in [-0.2, 0) is 10.1 Å². The summed E-state index contributed by atoms with van der Waals surface area (Å²) < 4.78 is 100. The average molecular weight is 331 g/mol. The molecule has 4 nitrogen and oxygen atoms in total. The van der Waals surface area contributed by atoms with Gasteiger partial charge in [0.05, 0.1) is 0 Å². The first-order valence-electron chi connectivity index (χ1n) is 5.16. The molecule has 0 radical (unpaired) electrons. The van der Waals surface area contributed by atoms with Crippen LogP contribution < -0.4 is 5.73 Å². The fourth-order valence-electron chi connectivity index (χ4n) is 0.811. The van der Waals surface area contributed by atoms with Crippen LogP contribution in [0.2, 0.25) is 0 Å². The summed E-state index contributed by atoms with van der Waals surface area (Å²) in [5, 5.41) is -5.08. The first-order valence-corrected chi connectivity index (χ1v) is 6.60. The number of alkyl halides is 6. The van der Waals surface area contributed by atoms with Crippen molar-refractivity contribution in [2.45, 2.75) is 36.9 Å². The van der Waals surface area contributed by atoms with Crippen LogP contribution in [0.15, 0.2) is 12.7 Å². The Balaban J connectivity index is 0. The zero-order valence-corrected chi connectivity index (χ0v) is 11.0. The fraction of sp³-hybridized carbons (Fsp3) is 0.778. The summed E-state index contributed by atoms with van der Waals surface area (Å²) in [5.74, 6) is 0. The molecule has 0 spiro atoms. The average Bonchev–Trinajstić information content (AvgIpc) is 2.26. The number of rotatable bonds is 6. The monoisotopic (exact) mass is 331 g/mol. The van der Waals surface area contributed by atoms with Crippen LogP contribution in [-0.4, -0.2) is 37.1 Å². The second-order valence-corrected chi connectivity index (χ2v) is 5.03. The van der Waals surface area contributed by atoms with Crippen molar-refractivity contribution in [1.29, 1.82) is 0 Å².